The summed E-state index contributed by atoms with van der Waals surface area (Å²) in [5.74, 6) is 0.841. The van der Waals surface area contributed by atoms with Gasteiger partial charge in [-0.25, -0.2) is 4.57 Å². The van der Waals surface area contributed by atoms with Crippen molar-refractivity contribution in [2.24, 2.45) is 0 Å². The van der Waals surface area contributed by atoms with Crippen molar-refractivity contribution in [3.8, 4) is 34.7 Å². The number of nitrogens with zero attached hydrogens (tertiary/aromatic N) is 6. The van der Waals surface area contributed by atoms with Crippen molar-refractivity contribution in [2.75, 3.05) is 12.5 Å². The maximum atomic E-state index is 18.0. The maximum absolute atomic E-state index is 18.0. The topological polar surface area (TPSA) is 65.2 Å². The van der Waals surface area contributed by atoms with E-state index >= 15 is 8.78 Å². The molecule has 264 valence electrons. The van der Waals surface area contributed by atoms with Gasteiger partial charge in [-0.1, -0.05) is 120 Å². The molecule has 0 unspecified atom stereocenters. The van der Waals surface area contributed by atoms with Gasteiger partial charge in [0, 0.05) is 22.9 Å². The lowest BCUT2D eigenvalue weighted by Gasteiger charge is -2.32. The molecule has 0 bridgehead atoms. The Hall–Kier alpha value is -5.59. The number of alkyl halides is 2. The molecular formula is C43H32F2N6S3+2. The molecule has 0 saturated carbocycles. The van der Waals surface area contributed by atoms with Crippen LogP contribution < -0.4 is 19.8 Å². The zero-order valence-electron chi connectivity index (χ0n) is 29.8. The fourth-order valence-corrected chi connectivity index (χ4v) is 13.2. The summed E-state index contributed by atoms with van der Waals surface area (Å²) in [6.45, 7) is 4.21. The summed E-state index contributed by atoms with van der Waals surface area (Å²) in [4.78, 5) is 0. The van der Waals surface area contributed by atoms with Crippen molar-refractivity contribution in [3.63, 3.8) is 0 Å². The first-order valence-corrected chi connectivity index (χ1v) is 21.8. The molecule has 4 aromatic heterocycles. The van der Waals surface area contributed by atoms with Gasteiger partial charge in [0.1, 0.15) is 21.5 Å². The number of hydrogen-bond donors (Lipinski definition) is 0. The zero-order valence-corrected chi connectivity index (χ0v) is 32.2. The summed E-state index contributed by atoms with van der Waals surface area (Å²) in [6, 6.07) is 37.9. The molecule has 0 atom stereocenters. The van der Waals surface area contributed by atoms with Crippen molar-refractivity contribution in [2.45, 2.75) is 31.8 Å². The van der Waals surface area contributed by atoms with E-state index in [9.17, 15) is 10.5 Å². The highest BCUT2D eigenvalue weighted by Gasteiger charge is 2.56. The minimum atomic E-state index is -3.62. The summed E-state index contributed by atoms with van der Waals surface area (Å²) in [5, 5.41) is 25.3. The van der Waals surface area contributed by atoms with Crippen molar-refractivity contribution in [1.82, 2.24) is 8.54 Å². The minimum Gasteiger partial charge on any atom is -0.295 e. The van der Waals surface area contributed by atoms with Gasteiger partial charge in [-0.15, -0.1) is 19.0 Å². The van der Waals surface area contributed by atoms with Gasteiger partial charge in [0.05, 0.1) is 22.1 Å². The Morgan fingerprint density at radius 1 is 0.704 bits per heavy atom. The fraction of sp³-hybridized carbons (Fsp3) is 0.163. The Morgan fingerprint density at radius 3 is 1.93 bits per heavy atom. The van der Waals surface area contributed by atoms with Crippen LogP contribution in [0.25, 0.3) is 64.9 Å². The number of halogens is 2. The summed E-state index contributed by atoms with van der Waals surface area (Å²) in [7, 11) is -1.86. The van der Waals surface area contributed by atoms with Gasteiger partial charge in [-0.05, 0) is 47.3 Å². The Bertz CT molecular complexity index is 3130. The van der Waals surface area contributed by atoms with Crippen LogP contribution in [0.4, 0.5) is 8.78 Å². The van der Waals surface area contributed by atoms with Crippen LogP contribution in [0.2, 0.25) is 0 Å². The molecule has 0 fully saturated rings. The average Bonchev–Trinajstić information content (AvgIpc) is 3.91. The first-order valence-electron chi connectivity index (χ1n) is 17.6. The van der Waals surface area contributed by atoms with Crippen molar-refractivity contribution in [1.29, 1.82) is 10.5 Å². The highest BCUT2D eigenvalue weighted by Crippen LogP contribution is 2.51. The van der Waals surface area contributed by atoms with Crippen LogP contribution in [0.5, 0.6) is 0 Å². The van der Waals surface area contributed by atoms with Gasteiger partial charge in [0.2, 0.25) is 11.0 Å². The van der Waals surface area contributed by atoms with Gasteiger partial charge in [-0.3, -0.25) is 3.97 Å². The first kappa shape index (κ1) is 33.0. The number of para-hydroxylation sites is 2. The van der Waals surface area contributed by atoms with E-state index in [1.165, 1.54) is 11.3 Å². The number of nitriles is 2. The van der Waals surface area contributed by atoms with Crippen molar-refractivity contribution >= 4 is 75.2 Å². The first-order chi connectivity index (χ1) is 26.1. The van der Waals surface area contributed by atoms with E-state index in [0.717, 1.165) is 41.2 Å². The SMILES string of the molecule is CC(C)c1ccc(-c2c3c4n(c(-c5ccccc5)c3c3n2C(F)(F)[n+]2c(sc5ccccc52)C=3C#N)S(C)(C)C[n+]2c(sc3ccccc32)C=4C#N)cc1. The monoisotopic (exact) mass is 766 g/mol. The van der Waals surface area contributed by atoms with Crippen LogP contribution in [0.15, 0.2) is 103 Å². The van der Waals surface area contributed by atoms with Crippen LogP contribution in [0, 0.1) is 22.7 Å². The normalized spacial score (nSPS) is 16.1. The molecule has 10 rings (SSSR count). The fourth-order valence-electron chi connectivity index (χ4n) is 8.38. The van der Waals surface area contributed by atoms with E-state index < -0.39 is 16.4 Å². The molecule has 0 aliphatic carbocycles. The largest absolute Gasteiger partial charge is 0.567 e. The second-order valence-corrected chi connectivity index (χ2v) is 20.2. The number of benzene rings is 4. The predicted octanol–water partition coefficient (Wildman–Crippen LogP) is 8.52. The predicted molar refractivity (Wildman–Crippen MR) is 215 cm³/mol. The van der Waals surface area contributed by atoms with Crippen LogP contribution in [-0.4, -0.2) is 21.1 Å². The molecule has 4 aromatic carbocycles. The number of aromatic nitrogens is 4. The average molecular weight is 767 g/mol. The van der Waals surface area contributed by atoms with E-state index in [4.69, 9.17) is 0 Å². The summed E-state index contributed by atoms with van der Waals surface area (Å²) >= 11 is 2.76. The molecular weight excluding hydrogens is 735 g/mol. The molecule has 6 nitrogen and oxygen atoms in total. The van der Waals surface area contributed by atoms with Crippen LogP contribution in [0.3, 0.4) is 0 Å². The zero-order chi connectivity index (χ0) is 37.3. The molecule has 2 aliphatic heterocycles. The van der Waals surface area contributed by atoms with Crippen LogP contribution in [0.1, 0.15) is 35.3 Å². The van der Waals surface area contributed by atoms with E-state index in [-0.39, 0.29) is 27.5 Å². The lowest BCUT2D eigenvalue weighted by atomic mass is 9.99. The quantitative estimate of drug-likeness (QED) is 0.169. The highest BCUT2D eigenvalue weighted by molar-refractivity contribution is 8.30. The van der Waals surface area contributed by atoms with Gasteiger partial charge in [0.25, 0.3) is 10.0 Å². The molecule has 11 heteroatoms. The number of fused-ring (bicyclic) bond motifs is 11. The van der Waals surface area contributed by atoms with Crippen molar-refractivity contribution in [3.05, 3.63) is 129 Å². The Labute approximate surface area is 319 Å². The van der Waals surface area contributed by atoms with E-state index in [0.29, 0.717) is 43.4 Å². The smallest absolute Gasteiger partial charge is 0.295 e. The van der Waals surface area contributed by atoms with Crippen LogP contribution in [-0.2, 0) is 12.0 Å². The van der Waals surface area contributed by atoms with Gasteiger partial charge in [0.15, 0.2) is 17.0 Å². The van der Waals surface area contributed by atoms with Crippen LogP contribution >= 0.6 is 32.9 Å². The lowest BCUT2D eigenvalue weighted by Crippen LogP contribution is -2.62. The van der Waals surface area contributed by atoms with Gasteiger partial charge >= 0.3 is 6.17 Å². The van der Waals surface area contributed by atoms with E-state index in [1.807, 2.05) is 78.9 Å². The molecule has 54 heavy (non-hydrogen) atoms. The summed E-state index contributed by atoms with van der Waals surface area (Å²) in [5.41, 5.74) is 5.52. The second kappa shape index (κ2) is 11.5. The molecule has 0 radical (unpaired) electrons. The second-order valence-electron chi connectivity index (χ2n) is 14.5. The molecule has 0 spiro atoms. The molecule has 0 N–H and O–H groups in total. The Morgan fingerprint density at radius 2 is 1.26 bits per heavy atom. The molecule has 2 aliphatic rings. The van der Waals surface area contributed by atoms with Gasteiger partial charge < -0.3 is 0 Å². The third-order valence-corrected chi connectivity index (χ3v) is 15.2. The summed E-state index contributed by atoms with van der Waals surface area (Å²) in [6.07, 6.45) is 0.836. The molecule has 6 heterocycles. The van der Waals surface area contributed by atoms with Crippen molar-refractivity contribution < 1.29 is 17.9 Å². The molecule has 0 amide bonds. The maximum Gasteiger partial charge on any atom is 0.567 e. The molecule has 8 aromatic rings. The number of thiazole rings is 2. The lowest BCUT2D eigenvalue weighted by molar-refractivity contribution is -0.810. The van der Waals surface area contributed by atoms with E-state index in [1.54, 1.807) is 23.5 Å². The third kappa shape index (κ3) is 4.29. The Balaban J connectivity index is 1.54. The highest BCUT2D eigenvalue weighted by atomic mass is 32.3. The third-order valence-electron chi connectivity index (χ3n) is 10.7. The Kier molecular flexibility index (Phi) is 7.00. The summed E-state index contributed by atoms with van der Waals surface area (Å²) < 4.78 is 44.4. The number of hydrogen-bond acceptors (Lipinski definition) is 4. The van der Waals surface area contributed by atoms with Gasteiger partial charge in [-0.2, -0.15) is 15.1 Å². The molecule has 0 saturated heterocycles. The van der Waals surface area contributed by atoms with E-state index in [2.05, 4.69) is 59.2 Å². The minimum absolute atomic E-state index is 0.170. The number of rotatable bonds is 3. The standard InChI is InChI=1S/C43H32F2N6S3/c1-25(2)26-18-20-28(21-19-26)37-35-36(39-29(22-46)42-49(43(44,45)50(37)39)32-15-9-11-17-34(32)53-42)38(27-12-6-5-7-13-27)51-40(35)30(23-47)41-48(24-54(51,3)4)31-14-8-10-16-33(31)52-41/h5-21,25H,24H2,1-4H3/q+2.